The first-order valence-electron chi connectivity index (χ1n) is 7.52. The van der Waals surface area contributed by atoms with E-state index >= 15 is 0 Å². The smallest absolute Gasteiger partial charge is 0.338 e. The van der Waals surface area contributed by atoms with Crippen molar-refractivity contribution in [2.45, 2.75) is 64.7 Å². The fraction of sp³-hybridized carbons (Fsp3) is 0.867. The summed E-state index contributed by atoms with van der Waals surface area (Å²) < 4.78 is 16.0. The second-order valence-electron chi connectivity index (χ2n) is 6.12. The molecule has 6 nitrogen and oxygen atoms in total. The van der Waals surface area contributed by atoms with Gasteiger partial charge in [-0.2, -0.15) is 0 Å². The Morgan fingerprint density at radius 2 is 1.67 bits per heavy atom. The number of rotatable bonds is 5. The van der Waals surface area contributed by atoms with Gasteiger partial charge in [-0.1, -0.05) is 0 Å². The summed E-state index contributed by atoms with van der Waals surface area (Å²) in [4.78, 5) is 24.4. The molecular weight excluding hydrogens is 274 g/mol. The fourth-order valence-corrected chi connectivity index (χ4v) is 2.40. The maximum atomic E-state index is 12.2. The van der Waals surface area contributed by atoms with E-state index in [9.17, 15) is 9.59 Å². The van der Waals surface area contributed by atoms with Crippen LogP contribution < -0.4 is 5.32 Å². The van der Waals surface area contributed by atoms with Crippen molar-refractivity contribution in [3.63, 3.8) is 0 Å². The Morgan fingerprint density at radius 1 is 1.14 bits per heavy atom. The Labute approximate surface area is 126 Å². The lowest BCUT2D eigenvalue weighted by molar-refractivity contribution is -0.170. The lowest BCUT2D eigenvalue weighted by atomic mass is 9.87. The lowest BCUT2D eigenvalue weighted by Gasteiger charge is -2.39. The van der Waals surface area contributed by atoms with Crippen molar-refractivity contribution in [1.82, 2.24) is 5.32 Å². The predicted molar refractivity (Wildman–Crippen MR) is 77.9 cm³/mol. The van der Waals surface area contributed by atoms with Crippen LogP contribution in [0.1, 0.15) is 47.5 Å². The summed E-state index contributed by atoms with van der Waals surface area (Å²) in [5, 5.41) is 3.00. The van der Waals surface area contributed by atoms with E-state index in [-0.39, 0.29) is 24.9 Å². The average molecular weight is 301 g/mol. The molecule has 122 valence electrons. The summed E-state index contributed by atoms with van der Waals surface area (Å²) >= 11 is 0. The van der Waals surface area contributed by atoms with Gasteiger partial charge in [0.1, 0.15) is 0 Å². The van der Waals surface area contributed by atoms with Crippen LogP contribution in [0.3, 0.4) is 0 Å². The molecule has 0 radical (unpaired) electrons. The van der Waals surface area contributed by atoms with Gasteiger partial charge in [-0.05, 0) is 47.5 Å². The molecule has 0 aromatic heterocycles. The number of ether oxygens (including phenoxy) is 3. The monoisotopic (exact) mass is 301 g/mol. The molecule has 0 unspecified atom stereocenters. The third kappa shape index (κ3) is 4.68. The zero-order valence-electron chi connectivity index (χ0n) is 13.7. The van der Waals surface area contributed by atoms with E-state index in [4.69, 9.17) is 14.2 Å². The number of nitrogens with one attached hydrogen (secondary N) is 1. The molecule has 1 aliphatic rings. The van der Waals surface area contributed by atoms with Gasteiger partial charge in [0.25, 0.3) is 0 Å². The highest BCUT2D eigenvalue weighted by Crippen LogP contribution is 2.26. The summed E-state index contributed by atoms with van der Waals surface area (Å²) in [5.74, 6) is -1.14. The van der Waals surface area contributed by atoms with E-state index in [1.165, 1.54) is 0 Å². The predicted octanol–water partition coefficient (Wildman–Crippen LogP) is 1.42. The Kier molecular flexibility index (Phi) is 6.16. The topological polar surface area (TPSA) is 73.9 Å². The SMILES string of the molecule is CCOC(=O)C1(C(=O)OCC)CC[C@H](OC(C)(C)C)CN1. The van der Waals surface area contributed by atoms with Crippen molar-refractivity contribution in [3.05, 3.63) is 0 Å². The second-order valence-corrected chi connectivity index (χ2v) is 6.12. The van der Waals surface area contributed by atoms with Gasteiger partial charge in [-0.3, -0.25) is 5.32 Å². The zero-order chi connectivity index (χ0) is 16.1. The van der Waals surface area contributed by atoms with Crippen LogP contribution in [0.5, 0.6) is 0 Å². The summed E-state index contributed by atoms with van der Waals surface area (Å²) in [6.45, 7) is 10.2. The Bertz CT molecular complexity index is 347. The van der Waals surface area contributed by atoms with Crippen LogP contribution in [0.4, 0.5) is 0 Å². The summed E-state index contributed by atoms with van der Waals surface area (Å²) in [5.41, 5.74) is -1.66. The molecule has 21 heavy (non-hydrogen) atoms. The summed E-state index contributed by atoms with van der Waals surface area (Å²) in [6, 6.07) is 0. The first-order chi connectivity index (χ1) is 9.75. The molecule has 0 amide bonds. The number of piperidine rings is 1. The summed E-state index contributed by atoms with van der Waals surface area (Å²) in [7, 11) is 0. The molecule has 0 aliphatic carbocycles. The molecule has 1 aliphatic heterocycles. The van der Waals surface area contributed by atoms with Gasteiger partial charge in [-0.25, -0.2) is 9.59 Å². The van der Waals surface area contributed by atoms with Crippen molar-refractivity contribution >= 4 is 11.9 Å². The molecule has 1 fully saturated rings. The van der Waals surface area contributed by atoms with Crippen LogP contribution in [0.2, 0.25) is 0 Å². The second kappa shape index (κ2) is 7.22. The highest BCUT2D eigenvalue weighted by atomic mass is 16.6. The molecule has 0 bridgehead atoms. The van der Waals surface area contributed by atoms with Crippen LogP contribution in [-0.2, 0) is 23.8 Å². The number of esters is 2. The molecule has 1 saturated heterocycles. The normalized spacial score (nSPS) is 21.7. The quantitative estimate of drug-likeness (QED) is 0.611. The molecule has 6 heteroatoms. The highest BCUT2D eigenvalue weighted by molar-refractivity contribution is 6.05. The minimum Gasteiger partial charge on any atom is -0.464 e. The molecule has 1 heterocycles. The van der Waals surface area contributed by atoms with E-state index in [2.05, 4.69) is 5.32 Å². The van der Waals surface area contributed by atoms with Crippen LogP contribution in [0.15, 0.2) is 0 Å². The van der Waals surface area contributed by atoms with Crippen LogP contribution in [0.25, 0.3) is 0 Å². The molecule has 0 spiro atoms. The zero-order valence-corrected chi connectivity index (χ0v) is 13.7. The molecule has 1 rings (SSSR count). The van der Waals surface area contributed by atoms with Crippen molar-refractivity contribution < 1.29 is 23.8 Å². The van der Waals surface area contributed by atoms with E-state index in [1.54, 1.807) is 13.8 Å². The first-order valence-corrected chi connectivity index (χ1v) is 7.52. The average Bonchev–Trinajstić information content (AvgIpc) is 2.38. The standard InChI is InChI=1S/C15H27NO5/c1-6-19-12(17)15(13(18)20-7-2)9-8-11(10-16-15)21-14(3,4)5/h11,16H,6-10H2,1-5H3/t11-/m0/s1. The van der Waals surface area contributed by atoms with E-state index < -0.39 is 17.5 Å². The third-order valence-corrected chi connectivity index (χ3v) is 3.24. The fourth-order valence-electron chi connectivity index (χ4n) is 2.40. The van der Waals surface area contributed by atoms with Gasteiger partial charge >= 0.3 is 11.9 Å². The number of hydrogen-bond donors (Lipinski definition) is 1. The van der Waals surface area contributed by atoms with Crippen LogP contribution in [-0.4, -0.2) is 48.9 Å². The van der Waals surface area contributed by atoms with Crippen LogP contribution >= 0.6 is 0 Å². The molecular formula is C15H27NO5. The third-order valence-electron chi connectivity index (χ3n) is 3.24. The van der Waals surface area contributed by atoms with Gasteiger partial charge in [0.15, 0.2) is 0 Å². The maximum Gasteiger partial charge on any atom is 0.338 e. The van der Waals surface area contributed by atoms with E-state index in [0.29, 0.717) is 19.4 Å². The minimum absolute atomic E-state index is 0.0398. The van der Waals surface area contributed by atoms with Crippen molar-refractivity contribution in [1.29, 1.82) is 0 Å². The molecule has 1 atom stereocenters. The van der Waals surface area contributed by atoms with Crippen LogP contribution in [0, 0.1) is 0 Å². The largest absolute Gasteiger partial charge is 0.464 e. The Morgan fingerprint density at radius 3 is 2.00 bits per heavy atom. The van der Waals surface area contributed by atoms with Gasteiger partial charge in [-0.15, -0.1) is 0 Å². The van der Waals surface area contributed by atoms with Crippen molar-refractivity contribution in [2.24, 2.45) is 0 Å². The summed E-state index contributed by atoms with van der Waals surface area (Å²) in [6.07, 6.45) is 0.870. The Hall–Kier alpha value is -1.14. The van der Waals surface area contributed by atoms with Gasteiger partial charge in [0, 0.05) is 6.54 Å². The van der Waals surface area contributed by atoms with Gasteiger partial charge in [0.2, 0.25) is 5.54 Å². The van der Waals surface area contributed by atoms with Gasteiger partial charge in [0.05, 0.1) is 24.9 Å². The van der Waals surface area contributed by atoms with Crippen molar-refractivity contribution in [3.8, 4) is 0 Å². The number of carbonyl (C=O) groups excluding carboxylic acids is 2. The lowest BCUT2D eigenvalue weighted by Crippen LogP contribution is -2.64. The maximum absolute atomic E-state index is 12.2. The highest BCUT2D eigenvalue weighted by Gasteiger charge is 2.51. The molecule has 0 saturated carbocycles. The Balaban J connectivity index is 2.79. The molecule has 1 N–H and O–H groups in total. The van der Waals surface area contributed by atoms with E-state index in [1.807, 2.05) is 20.8 Å². The molecule has 0 aromatic rings. The minimum atomic E-state index is -1.40. The number of carbonyl (C=O) groups is 2. The van der Waals surface area contributed by atoms with E-state index in [0.717, 1.165) is 0 Å². The molecule has 0 aromatic carbocycles. The first kappa shape index (κ1) is 17.9. The van der Waals surface area contributed by atoms with Gasteiger partial charge < -0.3 is 14.2 Å². The van der Waals surface area contributed by atoms with Crippen molar-refractivity contribution in [2.75, 3.05) is 19.8 Å². The number of hydrogen-bond acceptors (Lipinski definition) is 6.